The van der Waals surface area contributed by atoms with E-state index in [4.69, 9.17) is 10.5 Å². The molecule has 1 rings (SSSR count). The number of rotatable bonds is 7. The van der Waals surface area contributed by atoms with Gasteiger partial charge in [0.2, 0.25) is 0 Å². The second-order valence-electron chi connectivity index (χ2n) is 4.00. The second kappa shape index (κ2) is 8.06. The normalized spacial score (nSPS) is 9.90. The number of Topliss-reactive ketones (excluding diaryl/α,β-unsaturated/α-hetero) is 1. The molecule has 0 heterocycles. The molecular formula is C14H17NO5. The van der Waals surface area contributed by atoms with Crippen molar-refractivity contribution in [2.75, 3.05) is 13.8 Å². The lowest BCUT2D eigenvalue weighted by Gasteiger charge is -2.07. The van der Waals surface area contributed by atoms with Crippen LogP contribution in [0.1, 0.15) is 40.0 Å². The van der Waals surface area contributed by atoms with Gasteiger partial charge in [-0.15, -0.1) is 0 Å². The van der Waals surface area contributed by atoms with E-state index in [-0.39, 0.29) is 42.5 Å². The van der Waals surface area contributed by atoms with E-state index in [1.165, 1.54) is 13.2 Å². The molecule has 0 aromatic heterocycles. The number of carbonyl (C=O) groups is 3. The van der Waals surface area contributed by atoms with E-state index >= 15 is 0 Å². The number of hydrogen-bond donors (Lipinski definition) is 1. The zero-order valence-corrected chi connectivity index (χ0v) is 11.3. The van der Waals surface area contributed by atoms with Gasteiger partial charge in [-0.25, -0.2) is 4.79 Å². The van der Waals surface area contributed by atoms with Gasteiger partial charge in [0.25, 0.3) is 0 Å². The quantitative estimate of drug-likeness (QED) is 0.459. The highest BCUT2D eigenvalue weighted by Gasteiger charge is 2.17. The van der Waals surface area contributed by atoms with Gasteiger partial charge in [-0.3, -0.25) is 15.3 Å². The highest BCUT2D eigenvalue weighted by Crippen LogP contribution is 2.14. The molecule has 0 atom stereocenters. The molecular weight excluding hydrogens is 262 g/mol. The number of methoxy groups -OCH3 is 1. The highest BCUT2D eigenvalue weighted by molar-refractivity contribution is 6.06. The number of nitrogens with two attached hydrogens (primary N) is 1. The molecule has 0 aliphatic carbocycles. The van der Waals surface area contributed by atoms with Crippen LogP contribution in [0.2, 0.25) is 0 Å². The summed E-state index contributed by atoms with van der Waals surface area (Å²) >= 11 is 0. The van der Waals surface area contributed by atoms with Gasteiger partial charge < -0.3 is 9.47 Å². The topological polar surface area (TPSA) is 95.7 Å². The van der Waals surface area contributed by atoms with Gasteiger partial charge in [-0.1, -0.05) is 18.2 Å². The zero-order chi connectivity index (χ0) is 15.0. The summed E-state index contributed by atoms with van der Waals surface area (Å²) in [5.74, 6) is -1.23. The molecule has 2 N–H and O–H groups in total. The Morgan fingerprint density at radius 1 is 1.10 bits per heavy atom. The monoisotopic (exact) mass is 279 g/mol. The molecule has 0 aliphatic heterocycles. The lowest BCUT2D eigenvalue weighted by molar-refractivity contribution is -0.140. The Kier molecular flexibility index (Phi) is 6.39. The first-order valence-electron chi connectivity index (χ1n) is 6.16. The summed E-state index contributed by atoms with van der Waals surface area (Å²) in [6.45, 7) is -0.246. The third-order valence-corrected chi connectivity index (χ3v) is 2.67. The van der Waals surface area contributed by atoms with E-state index in [9.17, 15) is 14.4 Å². The van der Waals surface area contributed by atoms with Gasteiger partial charge in [-0.2, -0.15) is 0 Å². The molecule has 0 spiro atoms. The first-order valence-corrected chi connectivity index (χ1v) is 6.16. The molecule has 6 heteroatoms. The third kappa shape index (κ3) is 4.47. The summed E-state index contributed by atoms with van der Waals surface area (Å²) in [6, 6.07) is 6.35. The number of carbonyl (C=O) groups excluding carboxylic acids is 3. The molecule has 108 valence electrons. The van der Waals surface area contributed by atoms with Gasteiger partial charge in [0.05, 0.1) is 12.7 Å². The van der Waals surface area contributed by atoms with Crippen LogP contribution >= 0.6 is 0 Å². The van der Waals surface area contributed by atoms with Gasteiger partial charge in [0, 0.05) is 18.4 Å². The molecule has 1 aromatic carbocycles. The first-order chi connectivity index (χ1) is 9.60. The Balaban J connectivity index is 2.72. The van der Waals surface area contributed by atoms with Gasteiger partial charge in [-0.05, 0) is 12.5 Å². The average Bonchev–Trinajstić information content (AvgIpc) is 2.47. The molecule has 1 aromatic rings. The predicted molar refractivity (Wildman–Crippen MR) is 71.1 cm³/mol. The molecule has 0 aliphatic rings. The summed E-state index contributed by atoms with van der Waals surface area (Å²) in [5.41, 5.74) is 5.60. The maximum absolute atomic E-state index is 12.1. The Morgan fingerprint density at radius 3 is 2.35 bits per heavy atom. The Hall–Kier alpha value is -2.21. The zero-order valence-electron chi connectivity index (χ0n) is 11.3. The predicted octanol–water partition coefficient (Wildman–Crippen LogP) is 1.29. The Bertz CT molecular complexity index is 498. The average molecular weight is 279 g/mol. The number of benzene rings is 1. The summed E-state index contributed by atoms with van der Waals surface area (Å²) in [4.78, 5) is 34.7. The molecule has 20 heavy (non-hydrogen) atoms. The minimum Gasteiger partial charge on any atom is -0.469 e. The fraction of sp³-hybridized carbons (Fsp3) is 0.357. The number of ether oxygens (including phenoxy) is 2. The largest absolute Gasteiger partial charge is 0.469 e. The van der Waals surface area contributed by atoms with Crippen LogP contribution in [0.3, 0.4) is 0 Å². The number of hydrogen-bond acceptors (Lipinski definition) is 6. The smallest absolute Gasteiger partial charge is 0.340 e. The minimum atomic E-state index is -0.635. The van der Waals surface area contributed by atoms with Crippen LogP contribution < -0.4 is 5.73 Å². The Labute approximate surface area is 116 Å². The molecule has 0 unspecified atom stereocenters. The lowest BCUT2D eigenvalue weighted by Crippen LogP contribution is -2.16. The standard InChI is InChI=1S/C14H17NO5/c1-19-13(17)8-4-7-12(16)10-5-2-3-6-11(10)14(18)20-9-15/h2-3,5-6H,4,7-9,15H2,1H3. The van der Waals surface area contributed by atoms with Crippen LogP contribution in [0.25, 0.3) is 0 Å². The summed E-state index contributed by atoms with van der Waals surface area (Å²) in [7, 11) is 1.29. The van der Waals surface area contributed by atoms with E-state index in [0.29, 0.717) is 6.42 Å². The maximum atomic E-state index is 12.1. The lowest BCUT2D eigenvalue weighted by atomic mass is 10.00. The molecule has 0 bridgehead atoms. The number of esters is 2. The Morgan fingerprint density at radius 2 is 1.75 bits per heavy atom. The first kappa shape index (κ1) is 15.8. The SMILES string of the molecule is COC(=O)CCCC(=O)c1ccccc1C(=O)OCN. The van der Waals surface area contributed by atoms with Crippen molar-refractivity contribution in [2.45, 2.75) is 19.3 Å². The third-order valence-electron chi connectivity index (χ3n) is 2.67. The van der Waals surface area contributed by atoms with Crippen molar-refractivity contribution in [1.29, 1.82) is 0 Å². The number of ketones is 1. The molecule has 0 amide bonds. The van der Waals surface area contributed by atoms with Crippen molar-refractivity contribution in [2.24, 2.45) is 5.73 Å². The van der Waals surface area contributed by atoms with Crippen LogP contribution in [0.4, 0.5) is 0 Å². The van der Waals surface area contributed by atoms with Crippen molar-refractivity contribution in [3.63, 3.8) is 0 Å². The van der Waals surface area contributed by atoms with Crippen molar-refractivity contribution in [3.05, 3.63) is 35.4 Å². The van der Waals surface area contributed by atoms with Crippen LogP contribution in [0, 0.1) is 0 Å². The van der Waals surface area contributed by atoms with E-state index in [1.807, 2.05) is 0 Å². The second-order valence-corrected chi connectivity index (χ2v) is 4.00. The van der Waals surface area contributed by atoms with Crippen molar-refractivity contribution in [1.82, 2.24) is 0 Å². The van der Waals surface area contributed by atoms with E-state index < -0.39 is 5.97 Å². The molecule has 0 fully saturated rings. The van der Waals surface area contributed by atoms with Crippen LogP contribution in [-0.2, 0) is 14.3 Å². The summed E-state index contributed by atoms with van der Waals surface area (Å²) in [5, 5.41) is 0. The van der Waals surface area contributed by atoms with Crippen molar-refractivity contribution >= 4 is 17.7 Å². The fourth-order valence-electron chi connectivity index (χ4n) is 1.69. The minimum absolute atomic E-state index is 0.155. The fourth-order valence-corrected chi connectivity index (χ4v) is 1.69. The van der Waals surface area contributed by atoms with Crippen LogP contribution in [0.5, 0.6) is 0 Å². The van der Waals surface area contributed by atoms with Crippen LogP contribution in [0.15, 0.2) is 24.3 Å². The summed E-state index contributed by atoms with van der Waals surface area (Å²) in [6.07, 6.45) is 0.686. The molecule has 6 nitrogen and oxygen atoms in total. The molecule has 0 saturated carbocycles. The van der Waals surface area contributed by atoms with E-state index in [1.54, 1.807) is 18.2 Å². The molecule has 0 saturated heterocycles. The van der Waals surface area contributed by atoms with Gasteiger partial charge in [0.1, 0.15) is 6.73 Å². The van der Waals surface area contributed by atoms with Crippen molar-refractivity contribution < 1.29 is 23.9 Å². The highest BCUT2D eigenvalue weighted by atomic mass is 16.5. The van der Waals surface area contributed by atoms with Crippen molar-refractivity contribution in [3.8, 4) is 0 Å². The van der Waals surface area contributed by atoms with E-state index in [0.717, 1.165) is 0 Å². The van der Waals surface area contributed by atoms with E-state index in [2.05, 4.69) is 4.74 Å². The molecule has 0 radical (unpaired) electrons. The summed E-state index contributed by atoms with van der Waals surface area (Å²) < 4.78 is 9.18. The maximum Gasteiger partial charge on any atom is 0.340 e. The van der Waals surface area contributed by atoms with Gasteiger partial charge >= 0.3 is 11.9 Å². The van der Waals surface area contributed by atoms with Crippen LogP contribution in [-0.4, -0.2) is 31.6 Å². The van der Waals surface area contributed by atoms with Gasteiger partial charge in [0.15, 0.2) is 5.78 Å².